The van der Waals surface area contributed by atoms with Gasteiger partial charge in [-0.1, -0.05) is 0 Å². The van der Waals surface area contributed by atoms with E-state index >= 15 is 0 Å². The highest BCUT2D eigenvalue weighted by Gasteiger charge is 2.24. The number of nitrogen functional groups attached to an aromatic ring is 1. The molecule has 1 saturated heterocycles. The van der Waals surface area contributed by atoms with Crippen molar-refractivity contribution in [1.82, 2.24) is 24.8 Å². The summed E-state index contributed by atoms with van der Waals surface area (Å²) in [6.07, 6.45) is 5.47. The number of aromatic nitrogens is 3. The first kappa shape index (κ1) is 20.3. The van der Waals surface area contributed by atoms with Crippen LogP contribution in [-0.4, -0.2) is 76.9 Å². The zero-order valence-electron chi connectivity index (χ0n) is 17.3. The van der Waals surface area contributed by atoms with E-state index < -0.39 is 0 Å². The number of hydrogen-bond donors (Lipinski definition) is 3. The number of pyridine rings is 1. The molecule has 5 heterocycles. The normalized spacial score (nSPS) is 17.5. The highest BCUT2D eigenvalue weighted by Crippen LogP contribution is 2.38. The van der Waals surface area contributed by atoms with Crippen molar-refractivity contribution in [3.8, 4) is 0 Å². The molecule has 0 unspecified atom stereocenters. The zero-order chi connectivity index (χ0) is 21.2. The van der Waals surface area contributed by atoms with Crippen molar-refractivity contribution in [2.45, 2.75) is 13.0 Å². The Morgan fingerprint density at radius 1 is 1.16 bits per heavy atom. The zero-order valence-corrected chi connectivity index (χ0v) is 18.1. The maximum Gasteiger partial charge on any atom is 0.142 e. The van der Waals surface area contributed by atoms with Crippen molar-refractivity contribution in [2.75, 3.05) is 57.0 Å². The van der Waals surface area contributed by atoms with E-state index in [0.717, 1.165) is 80.6 Å². The molecule has 3 aromatic heterocycles. The third-order valence-corrected chi connectivity index (χ3v) is 7.04. The van der Waals surface area contributed by atoms with Crippen molar-refractivity contribution >= 4 is 45.1 Å². The maximum atomic E-state index is 7.50. The van der Waals surface area contributed by atoms with E-state index in [4.69, 9.17) is 15.9 Å². The van der Waals surface area contributed by atoms with Gasteiger partial charge in [0, 0.05) is 55.9 Å². The van der Waals surface area contributed by atoms with E-state index in [1.165, 1.54) is 16.7 Å². The van der Waals surface area contributed by atoms with Crippen molar-refractivity contribution in [3.05, 3.63) is 34.6 Å². The van der Waals surface area contributed by atoms with E-state index in [1.807, 2.05) is 6.07 Å². The lowest BCUT2D eigenvalue weighted by molar-refractivity contribution is 0.0327. The number of anilines is 3. The first-order valence-corrected chi connectivity index (χ1v) is 11.3. The molecule has 0 bridgehead atoms. The largest absolute Gasteiger partial charge is 0.383 e. The summed E-state index contributed by atoms with van der Waals surface area (Å²) in [7, 11) is 0. The predicted octanol–water partition coefficient (Wildman–Crippen LogP) is 2.10. The molecular formula is C21H26N8OS. The maximum absolute atomic E-state index is 7.50. The summed E-state index contributed by atoms with van der Waals surface area (Å²) < 4.78 is 5.45. The van der Waals surface area contributed by atoms with Crippen molar-refractivity contribution in [3.63, 3.8) is 0 Å². The van der Waals surface area contributed by atoms with Crippen LogP contribution in [0.4, 0.5) is 17.3 Å². The smallest absolute Gasteiger partial charge is 0.142 e. The Morgan fingerprint density at radius 3 is 2.84 bits per heavy atom. The lowest BCUT2D eigenvalue weighted by Crippen LogP contribution is -2.42. The molecule has 3 aromatic rings. The quantitative estimate of drug-likeness (QED) is 0.501. The summed E-state index contributed by atoms with van der Waals surface area (Å²) in [5, 5.41) is 12.0. The lowest BCUT2D eigenvalue weighted by Gasteiger charge is -2.31. The van der Waals surface area contributed by atoms with Crippen molar-refractivity contribution in [2.24, 2.45) is 0 Å². The van der Waals surface area contributed by atoms with Gasteiger partial charge >= 0.3 is 0 Å². The fourth-order valence-corrected chi connectivity index (χ4v) is 5.42. The van der Waals surface area contributed by atoms with Gasteiger partial charge < -0.3 is 21.2 Å². The Balaban J connectivity index is 1.35. The van der Waals surface area contributed by atoms with Crippen LogP contribution in [0, 0.1) is 5.41 Å². The SMILES string of the molecule is N=Cc1cc(Nc2ncnc3sc4c(c23)CCN(CCN2CCOCC2)C4)cnc1N. The van der Waals surface area contributed by atoms with Crippen molar-refractivity contribution in [1.29, 1.82) is 5.41 Å². The molecule has 0 spiro atoms. The molecule has 1 fully saturated rings. The van der Waals surface area contributed by atoms with Gasteiger partial charge in [0.2, 0.25) is 0 Å². The number of nitrogens with two attached hydrogens (primary N) is 1. The number of fused-ring (bicyclic) bond motifs is 3. The summed E-state index contributed by atoms with van der Waals surface area (Å²) in [4.78, 5) is 20.6. The highest BCUT2D eigenvalue weighted by atomic mass is 32.1. The van der Waals surface area contributed by atoms with Gasteiger partial charge in [-0.3, -0.25) is 9.80 Å². The number of hydrogen-bond acceptors (Lipinski definition) is 10. The third kappa shape index (κ3) is 4.24. The van der Waals surface area contributed by atoms with Crippen LogP contribution in [0.2, 0.25) is 0 Å². The number of thiophene rings is 1. The standard InChI is InChI=1S/C21H26N8OS/c22-10-14-9-15(11-24-19(14)23)27-20-18-16-1-2-29(4-3-28-5-7-30-8-6-28)12-17(16)31-21(18)26-13-25-20/h9-11,13,22H,1-8,12H2,(H2,23,24)(H,25,26,27). The summed E-state index contributed by atoms with van der Waals surface area (Å²) in [6, 6.07) is 1.81. The number of morpholine rings is 1. The van der Waals surface area contributed by atoms with Gasteiger partial charge in [-0.15, -0.1) is 11.3 Å². The van der Waals surface area contributed by atoms with Crippen LogP contribution < -0.4 is 11.1 Å². The summed E-state index contributed by atoms with van der Waals surface area (Å²) in [5.41, 5.74) is 8.51. The van der Waals surface area contributed by atoms with Gasteiger partial charge in [0.1, 0.15) is 22.8 Å². The minimum atomic E-state index is 0.346. The van der Waals surface area contributed by atoms with Crippen LogP contribution in [0.3, 0.4) is 0 Å². The average molecular weight is 439 g/mol. The number of rotatable bonds is 6. The van der Waals surface area contributed by atoms with Crippen LogP contribution in [0.1, 0.15) is 16.0 Å². The molecule has 10 heteroatoms. The Hall–Kier alpha value is -2.66. The molecule has 9 nitrogen and oxygen atoms in total. The molecule has 4 N–H and O–H groups in total. The van der Waals surface area contributed by atoms with Crippen LogP contribution >= 0.6 is 11.3 Å². The number of nitrogens with zero attached hydrogens (tertiary/aromatic N) is 5. The molecule has 31 heavy (non-hydrogen) atoms. The molecule has 0 amide bonds. The fraction of sp³-hybridized carbons (Fsp3) is 0.429. The summed E-state index contributed by atoms with van der Waals surface area (Å²) >= 11 is 1.76. The summed E-state index contributed by atoms with van der Waals surface area (Å²) in [6.45, 7) is 7.93. The van der Waals surface area contributed by atoms with Gasteiger partial charge in [-0.2, -0.15) is 0 Å². The molecule has 0 atom stereocenters. The second kappa shape index (κ2) is 8.83. The second-order valence-electron chi connectivity index (χ2n) is 7.85. The van der Waals surface area contributed by atoms with Gasteiger partial charge in [0.15, 0.2) is 0 Å². The minimum absolute atomic E-state index is 0.346. The number of nitrogens with one attached hydrogen (secondary N) is 2. The molecule has 0 aliphatic carbocycles. The monoisotopic (exact) mass is 438 g/mol. The fourth-order valence-electron chi connectivity index (χ4n) is 4.19. The molecule has 2 aliphatic heterocycles. The minimum Gasteiger partial charge on any atom is -0.383 e. The highest BCUT2D eigenvalue weighted by molar-refractivity contribution is 7.19. The number of ether oxygens (including phenoxy) is 1. The van der Waals surface area contributed by atoms with E-state index in [-0.39, 0.29) is 0 Å². The third-order valence-electron chi connectivity index (χ3n) is 5.92. The van der Waals surface area contributed by atoms with Gasteiger partial charge in [0.25, 0.3) is 0 Å². The van der Waals surface area contributed by atoms with Gasteiger partial charge in [-0.05, 0) is 18.1 Å². The Morgan fingerprint density at radius 2 is 2.00 bits per heavy atom. The summed E-state index contributed by atoms with van der Waals surface area (Å²) in [5.74, 6) is 1.13. The molecule has 162 valence electrons. The average Bonchev–Trinajstić information content (AvgIpc) is 3.18. The second-order valence-corrected chi connectivity index (χ2v) is 8.94. The van der Waals surface area contributed by atoms with E-state index in [9.17, 15) is 0 Å². The van der Waals surface area contributed by atoms with E-state index in [1.54, 1.807) is 23.9 Å². The Bertz CT molecular complexity index is 1090. The van der Waals surface area contributed by atoms with Gasteiger partial charge in [0.05, 0.1) is 30.5 Å². The molecular weight excluding hydrogens is 412 g/mol. The van der Waals surface area contributed by atoms with Crippen molar-refractivity contribution < 1.29 is 4.74 Å². The Labute approximate surface area is 184 Å². The topological polar surface area (TPSA) is 116 Å². The van der Waals surface area contributed by atoms with Crippen LogP contribution in [0.25, 0.3) is 10.2 Å². The predicted molar refractivity (Wildman–Crippen MR) is 123 cm³/mol. The van der Waals surface area contributed by atoms with Crippen LogP contribution in [-0.2, 0) is 17.7 Å². The molecule has 2 aliphatic rings. The van der Waals surface area contributed by atoms with Gasteiger partial charge in [-0.25, -0.2) is 15.0 Å². The molecule has 0 saturated carbocycles. The van der Waals surface area contributed by atoms with E-state index in [0.29, 0.717) is 11.4 Å². The Kier molecular flexibility index (Phi) is 5.77. The van der Waals surface area contributed by atoms with E-state index in [2.05, 4.69) is 30.1 Å². The lowest BCUT2D eigenvalue weighted by atomic mass is 10.0. The molecule has 0 radical (unpaired) electrons. The van der Waals surface area contributed by atoms with Crippen LogP contribution in [0.15, 0.2) is 18.6 Å². The first-order valence-electron chi connectivity index (χ1n) is 10.5. The molecule has 5 rings (SSSR count). The molecule has 0 aromatic carbocycles. The first-order chi connectivity index (χ1) is 15.2. The van der Waals surface area contributed by atoms with Crippen LogP contribution in [0.5, 0.6) is 0 Å².